The molecule has 0 saturated heterocycles. The standard InChI is InChI=1S/C11H9FN2O3/c12-6-1-2-7-10-9(6)11(17,5-15)4-14(10)8(16)3-13-7/h1-3,15,17H,4-5H2. The first-order valence-corrected chi connectivity index (χ1v) is 5.08. The number of benzene rings is 1. The van der Waals surface area contributed by atoms with E-state index in [1.807, 2.05) is 0 Å². The van der Waals surface area contributed by atoms with Crippen molar-refractivity contribution in [2.75, 3.05) is 6.61 Å². The molecule has 1 atom stereocenters. The largest absolute Gasteiger partial charge is 0.393 e. The highest BCUT2D eigenvalue weighted by atomic mass is 19.1. The summed E-state index contributed by atoms with van der Waals surface area (Å²) in [6.07, 6.45) is 1.12. The third-order valence-electron chi connectivity index (χ3n) is 3.10. The fourth-order valence-electron chi connectivity index (χ4n) is 2.31. The Balaban J connectivity index is 2.53. The summed E-state index contributed by atoms with van der Waals surface area (Å²) >= 11 is 0. The fraction of sp³-hybridized carbons (Fsp3) is 0.273. The van der Waals surface area contributed by atoms with Gasteiger partial charge in [-0.05, 0) is 12.1 Å². The zero-order chi connectivity index (χ0) is 12.2. The van der Waals surface area contributed by atoms with Gasteiger partial charge in [-0.3, -0.25) is 4.79 Å². The first-order chi connectivity index (χ1) is 8.07. The second-order valence-electron chi connectivity index (χ2n) is 4.16. The lowest BCUT2D eigenvalue weighted by atomic mass is 9.96. The van der Waals surface area contributed by atoms with Crippen LogP contribution in [-0.2, 0) is 12.1 Å². The fourth-order valence-corrected chi connectivity index (χ4v) is 2.31. The lowest BCUT2D eigenvalue weighted by molar-refractivity contribution is -0.0268. The van der Waals surface area contributed by atoms with Crippen LogP contribution in [0.3, 0.4) is 0 Å². The van der Waals surface area contributed by atoms with E-state index in [2.05, 4.69) is 4.98 Å². The summed E-state index contributed by atoms with van der Waals surface area (Å²) in [5.41, 5.74) is -1.55. The van der Waals surface area contributed by atoms with Crippen LogP contribution < -0.4 is 5.56 Å². The maximum absolute atomic E-state index is 13.8. The molecule has 88 valence electrons. The van der Waals surface area contributed by atoms with Crippen LogP contribution in [0.2, 0.25) is 0 Å². The van der Waals surface area contributed by atoms with E-state index in [0.29, 0.717) is 5.52 Å². The molecule has 1 aromatic carbocycles. The van der Waals surface area contributed by atoms with E-state index < -0.39 is 23.6 Å². The Morgan fingerprint density at radius 1 is 1.53 bits per heavy atom. The zero-order valence-electron chi connectivity index (χ0n) is 8.72. The minimum absolute atomic E-state index is 0.0531. The second-order valence-corrected chi connectivity index (χ2v) is 4.16. The topological polar surface area (TPSA) is 75.4 Å². The van der Waals surface area contributed by atoms with Crippen molar-refractivity contribution in [1.29, 1.82) is 0 Å². The number of hydrogen-bond donors (Lipinski definition) is 2. The van der Waals surface area contributed by atoms with E-state index in [0.717, 1.165) is 6.20 Å². The molecule has 0 spiro atoms. The second kappa shape index (κ2) is 3.12. The van der Waals surface area contributed by atoms with Crippen LogP contribution in [0.5, 0.6) is 0 Å². The number of nitrogens with zero attached hydrogens (tertiary/aromatic N) is 2. The Labute approximate surface area is 94.8 Å². The van der Waals surface area contributed by atoms with Crippen molar-refractivity contribution < 1.29 is 14.6 Å². The Morgan fingerprint density at radius 2 is 2.29 bits per heavy atom. The van der Waals surface area contributed by atoms with Gasteiger partial charge in [0, 0.05) is 5.56 Å². The third-order valence-corrected chi connectivity index (χ3v) is 3.10. The lowest BCUT2D eigenvalue weighted by Gasteiger charge is -2.20. The molecule has 0 radical (unpaired) electrons. The van der Waals surface area contributed by atoms with Crippen LogP contribution in [-0.4, -0.2) is 26.4 Å². The minimum Gasteiger partial charge on any atom is -0.393 e. The minimum atomic E-state index is -1.75. The molecule has 0 fully saturated rings. The number of rotatable bonds is 1. The SMILES string of the molecule is O=c1cnc2ccc(F)c3c2n1CC3(O)CO. The summed E-state index contributed by atoms with van der Waals surface area (Å²) in [5, 5.41) is 19.4. The van der Waals surface area contributed by atoms with E-state index >= 15 is 0 Å². The molecule has 0 saturated carbocycles. The van der Waals surface area contributed by atoms with Gasteiger partial charge in [0.25, 0.3) is 5.56 Å². The highest BCUT2D eigenvalue weighted by Gasteiger charge is 2.40. The van der Waals surface area contributed by atoms with E-state index in [1.165, 1.54) is 16.7 Å². The Hall–Kier alpha value is -1.79. The maximum Gasteiger partial charge on any atom is 0.269 e. The molecule has 0 amide bonds. The van der Waals surface area contributed by atoms with Crippen molar-refractivity contribution in [2.24, 2.45) is 0 Å². The smallest absolute Gasteiger partial charge is 0.269 e. The molecule has 1 aliphatic heterocycles. The molecule has 3 rings (SSSR count). The van der Waals surface area contributed by atoms with Gasteiger partial charge in [0.2, 0.25) is 0 Å². The molecular formula is C11H9FN2O3. The Bertz CT molecular complexity index is 682. The van der Waals surface area contributed by atoms with Gasteiger partial charge in [-0.25, -0.2) is 9.37 Å². The van der Waals surface area contributed by atoms with E-state index in [1.54, 1.807) is 0 Å². The van der Waals surface area contributed by atoms with E-state index in [4.69, 9.17) is 0 Å². The maximum atomic E-state index is 13.8. The molecule has 17 heavy (non-hydrogen) atoms. The highest BCUT2D eigenvalue weighted by molar-refractivity contribution is 5.81. The van der Waals surface area contributed by atoms with Crippen LogP contribution >= 0.6 is 0 Å². The van der Waals surface area contributed by atoms with Gasteiger partial charge >= 0.3 is 0 Å². The van der Waals surface area contributed by atoms with Gasteiger partial charge in [0.15, 0.2) is 0 Å². The molecule has 2 aromatic rings. The van der Waals surface area contributed by atoms with E-state index in [9.17, 15) is 19.4 Å². The van der Waals surface area contributed by atoms with Crippen molar-refractivity contribution in [3.63, 3.8) is 0 Å². The quantitative estimate of drug-likeness (QED) is 0.714. The molecule has 1 aromatic heterocycles. The molecule has 0 aliphatic carbocycles. The highest BCUT2D eigenvalue weighted by Crippen LogP contribution is 2.36. The van der Waals surface area contributed by atoms with Crippen molar-refractivity contribution in [1.82, 2.24) is 9.55 Å². The molecule has 6 heteroatoms. The summed E-state index contributed by atoms with van der Waals surface area (Å²) in [4.78, 5) is 15.5. The number of aliphatic hydroxyl groups is 2. The van der Waals surface area contributed by atoms with Crippen molar-refractivity contribution in [2.45, 2.75) is 12.1 Å². The van der Waals surface area contributed by atoms with Gasteiger partial charge in [-0.2, -0.15) is 0 Å². The predicted octanol–water partition coefficient (Wildman–Crippen LogP) is -0.271. The summed E-state index contributed by atoms with van der Waals surface area (Å²) in [6.45, 7) is -0.804. The first-order valence-electron chi connectivity index (χ1n) is 5.08. The number of halogens is 1. The molecule has 2 heterocycles. The van der Waals surface area contributed by atoms with E-state index in [-0.39, 0.29) is 17.6 Å². The van der Waals surface area contributed by atoms with Crippen molar-refractivity contribution >= 4 is 11.0 Å². The van der Waals surface area contributed by atoms with Crippen LogP contribution in [0.4, 0.5) is 4.39 Å². The summed E-state index contributed by atoms with van der Waals surface area (Å²) in [5.74, 6) is -0.646. The molecule has 1 aliphatic rings. The van der Waals surface area contributed by atoms with Gasteiger partial charge < -0.3 is 14.8 Å². The number of aliphatic hydroxyl groups excluding tert-OH is 1. The average Bonchev–Trinajstić information content (AvgIpc) is 2.64. The summed E-state index contributed by atoms with van der Waals surface area (Å²) < 4.78 is 15.0. The van der Waals surface area contributed by atoms with Gasteiger partial charge in [-0.1, -0.05) is 0 Å². The molecule has 2 N–H and O–H groups in total. The van der Waals surface area contributed by atoms with Crippen molar-refractivity contribution in [3.8, 4) is 0 Å². The van der Waals surface area contributed by atoms with Crippen LogP contribution in [0, 0.1) is 5.82 Å². The molecule has 1 unspecified atom stereocenters. The van der Waals surface area contributed by atoms with Crippen LogP contribution in [0.15, 0.2) is 23.1 Å². The summed E-state index contributed by atoms with van der Waals surface area (Å²) in [7, 11) is 0. The number of hydrogen-bond acceptors (Lipinski definition) is 4. The van der Waals surface area contributed by atoms with Gasteiger partial charge in [0.1, 0.15) is 11.4 Å². The van der Waals surface area contributed by atoms with Crippen LogP contribution in [0.1, 0.15) is 5.56 Å². The number of aromatic nitrogens is 2. The lowest BCUT2D eigenvalue weighted by Crippen LogP contribution is -2.33. The molecular weight excluding hydrogens is 227 g/mol. The first kappa shape index (κ1) is 10.4. The Kier molecular flexibility index (Phi) is 1.90. The predicted molar refractivity (Wildman–Crippen MR) is 56.9 cm³/mol. The normalized spacial score (nSPS) is 22.3. The zero-order valence-corrected chi connectivity index (χ0v) is 8.72. The third kappa shape index (κ3) is 1.19. The molecule has 0 bridgehead atoms. The monoisotopic (exact) mass is 236 g/mol. The van der Waals surface area contributed by atoms with Gasteiger partial charge in [0.05, 0.1) is 30.4 Å². The Morgan fingerprint density at radius 3 is 3.00 bits per heavy atom. The summed E-state index contributed by atoms with van der Waals surface area (Å²) in [6, 6.07) is 2.61. The van der Waals surface area contributed by atoms with Crippen molar-refractivity contribution in [3.05, 3.63) is 40.1 Å². The average molecular weight is 236 g/mol. The van der Waals surface area contributed by atoms with Crippen LogP contribution in [0.25, 0.3) is 11.0 Å². The molecule has 5 nitrogen and oxygen atoms in total. The van der Waals surface area contributed by atoms with Gasteiger partial charge in [-0.15, -0.1) is 0 Å².